The Morgan fingerprint density at radius 2 is 2.18 bits per heavy atom. The highest BCUT2D eigenvalue weighted by Gasteiger charge is 2.15. The van der Waals surface area contributed by atoms with Gasteiger partial charge in [0.05, 0.1) is 12.1 Å². The van der Waals surface area contributed by atoms with Crippen molar-refractivity contribution in [1.29, 1.82) is 0 Å². The summed E-state index contributed by atoms with van der Waals surface area (Å²) in [6.45, 7) is 0. The molecule has 0 bridgehead atoms. The number of ketones is 1. The minimum atomic E-state index is -1.24. The molecule has 2 N–H and O–H groups in total. The average molecular weight is 321 g/mol. The SMILES string of the molecule is COc1cc(CC(=O)c2cccnc2)c(NC(=O)O)cc1Cl. The van der Waals surface area contributed by atoms with Crippen LogP contribution in [0.4, 0.5) is 10.5 Å². The van der Waals surface area contributed by atoms with Gasteiger partial charge in [0, 0.05) is 30.1 Å². The number of Topliss-reactive ketones (excluding diaryl/α,β-unsaturated/α-hetero) is 1. The number of amides is 1. The van der Waals surface area contributed by atoms with Crippen molar-refractivity contribution in [3.05, 3.63) is 52.8 Å². The van der Waals surface area contributed by atoms with E-state index in [9.17, 15) is 9.59 Å². The smallest absolute Gasteiger partial charge is 0.409 e. The van der Waals surface area contributed by atoms with Gasteiger partial charge in [-0.2, -0.15) is 0 Å². The molecule has 7 heteroatoms. The number of nitrogens with one attached hydrogen (secondary N) is 1. The lowest BCUT2D eigenvalue weighted by Gasteiger charge is -2.12. The van der Waals surface area contributed by atoms with Crippen LogP contribution in [-0.4, -0.2) is 29.1 Å². The Morgan fingerprint density at radius 3 is 2.77 bits per heavy atom. The van der Waals surface area contributed by atoms with Gasteiger partial charge in [-0.05, 0) is 29.8 Å². The zero-order valence-corrected chi connectivity index (χ0v) is 12.4. The lowest BCUT2D eigenvalue weighted by molar-refractivity contribution is 0.0992. The van der Waals surface area contributed by atoms with Crippen LogP contribution in [0.3, 0.4) is 0 Å². The molecule has 0 aliphatic carbocycles. The van der Waals surface area contributed by atoms with E-state index in [0.29, 0.717) is 16.9 Å². The van der Waals surface area contributed by atoms with Crippen molar-refractivity contribution < 1.29 is 19.4 Å². The van der Waals surface area contributed by atoms with Crippen molar-refractivity contribution in [3.8, 4) is 5.75 Å². The Labute approximate surface area is 131 Å². The van der Waals surface area contributed by atoms with Gasteiger partial charge in [0.2, 0.25) is 0 Å². The van der Waals surface area contributed by atoms with Crippen LogP contribution in [0.5, 0.6) is 5.75 Å². The summed E-state index contributed by atoms with van der Waals surface area (Å²) in [5.74, 6) is 0.178. The van der Waals surface area contributed by atoms with Gasteiger partial charge in [-0.25, -0.2) is 4.79 Å². The van der Waals surface area contributed by atoms with Gasteiger partial charge in [0.25, 0.3) is 0 Å². The molecule has 0 fully saturated rings. The molecule has 0 atom stereocenters. The molecule has 0 aliphatic heterocycles. The first-order valence-electron chi connectivity index (χ1n) is 6.31. The second kappa shape index (κ2) is 6.91. The van der Waals surface area contributed by atoms with Crippen LogP contribution >= 0.6 is 11.6 Å². The Morgan fingerprint density at radius 1 is 1.41 bits per heavy atom. The maximum atomic E-state index is 12.2. The molecular formula is C15H13ClN2O4. The molecule has 0 saturated carbocycles. The molecule has 0 aliphatic rings. The van der Waals surface area contributed by atoms with Gasteiger partial charge in [0.15, 0.2) is 5.78 Å². The second-order valence-corrected chi connectivity index (χ2v) is 4.82. The van der Waals surface area contributed by atoms with Crippen LogP contribution in [-0.2, 0) is 6.42 Å². The number of carboxylic acid groups (broad SMARTS) is 1. The highest BCUT2D eigenvalue weighted by atomic mass is 35.5. The molecule has 1 amide bonds. The first kappa shape index (κ1) is 15.8. The molecule has 0 radical (unpaired) electrons. The highest BCUT2D eigenvalue weighted by Crippen LogP contribution is 2.31. The predicted molar refractivity (Wildman–Crippen MR) is 81.9 cm³/mol. The number of methoxy groups -OCH3 is 1. The fourth-order valence-electron chi connectivity index (χ4n) is 1.93. The van der Waals surface area contributed by atoms with Crippen molar-refractivity contribution in [1.82, 2.24) is 4.98 Å². The largest absolute Gasteiger partial charge is 0.495 e. The van der Waals surface area contributed by atoms with Crippen molar-refractivity contribution in [3.63, 3.8) is 0 Å². The van der Waals surface area contributed by atoms with Gasteiger partial charge in [-0.3, -0.25) is 15.1 Å². The maximum absolute atomic E-state index is 12.2. The Kier molecular flexibility index (Phi) is 4.95. The van der Waals surface area contributed by atoms with E-state index in [4.69, 9.17) is 21.4 Å². The number of anilines is 1. The minimum Gasteiger partial charge on any atom is -0.495 e. The zero-order chi connectivity index (χ0) is 16.1. The van der Waals surface area contributed by atoms with E-state index in [1.165, 1.54) is 19.4 Å². The fourth-order valence-corrected chi connectivity index (χ4v) is 2.17. The molecule has 6 nitrogen and oxygen atoms in total. The van der Waals surface area contributed by atoms with Gasteiger partial charge in [0.1, 0.15) is 5.75 Å². The van der Waals surface area contributed by atoms with E-state index in [1.807, 2.05) is 0 Å². The number of pyridine rings is 1. The number of aromatic nitrogens is 1. The third kappa shape index (κ3) is 3.73. The summed E-state index contributed by atoms with van der Waals surface area (Å²) >= 11 is 5.99. The zero-order valence-electron chi connectivity index (χ0n) is 11.7. The molecule has 1 aromatic carbocycles. The van der Waals surface area contributed by atoms with E-state index in [0.717, 1.165) is 0 Å². The number of rotatable bonds is 5. The summed E-state index contributed by atoms with van der Waals surface area (Å²) in [7, 11) is 1.44. The summed E-state index contributed by atoms with van der Waals surface area (Å²) in [5.41, 5.74) is 1.16. The molecule has 2 aromatic rings. The molecule has 1 heterocycles. The molecule has 1 aromatic heterocycles. The number of hydrogen-bond donors (Lipinski definition) is 2. The molecule has 0 saturated heterocycles. The van der Waals surface area contributed by atoms with E-state index >= 15 is 0 Å². The van der Waals surface area contributed by atoms with Crippen LogP contribution < -0.4 is 10.1 Å². The Hall–Kier alpha value is -2.60. The highest BCUT2D eigenvalue weighted by molar-refractivity contribution is 6.32. The van der Waals surface area contributed by atoms with Crippen molar-refractivity contribution >= 4 is 29.2 Å². The number of carbonyl (C=O) groups excluding carboxylic acids is 1. The summed E-state index contributed by atoms with van der Waals surface area (Å²) < 4.78 is 5.10. The maximum Gasteiger partial charge on any atom is 0.409 e. The normalized spacial score (nSPS) is 10.1. The third-order valence-electron chi connectivity index (χ3n) is 2.95. The number of nitrogens with zero attached hydrogens (tertiary/aromatic N) is 1. The lowest BCUT2D eigenvalue weighted by Crippen LogP contribution is -2.12. The second-order valence-electron chi connectivity index (χ2n) is 4.42. The molecule has 0 spiro atoms. The lowest BCUT2D eigenvalue weighted by atomic mass is 10.0. The monoisotopic (exact) mass is 320 g/mol. The van der Waals surface area contributed by atoms with E-state index < -0.39 is 6.09 Å². The standard InChI is InChI=1S/C15H13ClN2O4/c1-22-14-6-10(12(7-11(14)16)18-15(20)21)5-13(19)9-3-2-4-17-8-9/h2-4,6-8,18H,5H2,1H3,(H,20,21). The summed E-state index contributed by atoms with van der Waals surface area (Å²) in [6, 6.07) is 6.26. The van der Waals surface area contributed by atoms with Crippen molar-refractivity contribution in [2.45, 2.75) is 6.42 Å². The number of benzene rings is 1. The predicted octanol–water partition coefficient (Wildman–Crippen LogP) is 3.26. The molecular weight excluding hydrogens is 308 g/mol. The van der Waals surface area contributed by atoms with Crippen LogP contribution in [0.15, 0.2) is 36.7 Å². The van der Waals surface area contributed by atoms with E-state index in [2.05, 4.69) is 10.3 Å². The molecule has 2 rings (SSSR count). The van der Waals surface area contributed by atoms with E-state index in [1.54, 1.807) is 24.4 Å². The number of carbonyl (C=O) groups is 2. The number of hydrogen-bond acceptors (Lipinski definition) is 4. The first-order chi connectivity index (χ1) is 10.5. The van der Waals surface area contributed by atoms with Crippen LogP contribution in [0.25, 0.3) is 0 Å². The molecule has 0 unspecified atom stereocenters. The Bertz CT molecular complexity index is 704. The van der Waals surface area contributed by atoms with Gasteiger partial charge in [-0.1, -0.05) is 11.6 Å². The fraction of sp³-hybridized carbons (Fsp3) is 0.133. The van der Waals surface area contributed by atoms with Gasteiger partial charge in [-0.15, -0.1) is 0 Å². The number of ether oxygens (including phenoxy) is 1. The number of halogens is 1. The molecule has 114 valence electrons. The van der Waals surface area contributed by atoms with E-state index in [-0.39, 0.29) is 22.9 Å². The summed E-state index contributed by atoms with van der Waals surface area (Å²) in [5, 5.41) is 11.4. The Balaban J connectivity index is 2.35. The van der Waals surface area contributed by atoms with Crippen molar-refractivity contribution in [2.75, 3.05) is 12.4 Å². The average Bonchev–Trinajstić information content (AvgIpc) is 2.50. The summed E-state index contributed by atoms with van der Waals surface area (Å²) in [6.07, 6.45) is 1.78. The minimum absolute atomic E-state index is 0.00512. The van der Waals surface area contributed by atoms with Crippen LogP contribution in [0.2, 0.25) is 5.02 Å². The first-order valence-corrected chi connectivity index (χ1v) is 6.68. The van der Waals surface area contributed by atoms with Crippen molar-refractivity contribution in [2.24, 2.45) is 0 Å². The summed E-state index contributed by atoms with van der Waals surface area (Å²) in [4.78, 5) is 27.0. The van der Waals surface area contributed by atoms with Crippen LogP contribution in [0.1, 0.15) is 15.9 Å². The van der Waals surface area contributed by atoms with Gasteiger partial charge < -0.3 is 9.84 Å². The third-order valence-corrected chi connectivity index (χ3v) is 3.25. The quantitative estimate of drug-likeness (QED) is 0.825. The van der Waals surface area contributed by atoms with Gasteiger partial charge >= 0.3 is 6.09 Å². The van der Waals surface area contributed by atoms with Crippen LogP contribution in [0, 0.1) is 0 Å². The topological polar surface area (TPSA) is 88.5 Å². The molecule has 22 heavy (non-hydrogen) atoms.